The molecule has 3 nitrogen and oxygen atoms in total. The third-order valence-electron chi connectivity index (χ3n) is 4.03. The van der Waals surface area contributed by atoms with Crippen molar-refractivity contribution in [2.75, 3.05) is 0 Å². The predicted octanol–water partition coefficient (Wildman–Crippen LogP) is 4.65. The first-order chi connectivity index (χ1) is 11.1. The van der Waals surface area contributed by atoms with Gasteiger partial charge in [0.15, 0.2) is 5.76 Å². The molecule has 130 valence electrons. The van der Waals surface area contributed by atoms with Crippen molar-refractivity contribution in [2.24, 2.45) is 17.3 Å². The van der Waals surface area contributed by atoms with Gasteiger partial charge in [0.05, 0.1) is 5.92 Å². The molecule has 24 heavy (non-hydrogen) atoms. The van der Waals surface area contributed by atoms with Crippen LogP contribution in [-0.4, -0.2) is 12.1 Å². The highest BCUT2D eigenvalue weighted by molar-refractivity contribution is 6.30. The summed E-state index contributed by atoms with van der Waals surface area (Å²) in [6.45, 7) is 4.96. The minimum atomic E-state index is -4.61. The lowest BCUT2D eigenvalue weighted by atomic mass is 10.1. The van der Waals surface area contributed by atoms with Crippen LogP contribution in [0.15, 0.2) is 27.7 Å². The van der Waals surface area contributed by atoms with Gasteiger partial charge >= 0.3 is 12.1 Å². The van der Waals surface area contributed by atoms with E-state index in [4.69, 9.17) is 20.8 Å². The Morgan fingerprint density at radius 3 is 2.71 bits per heavy atom. The van der Waals surface area contributed by atoms with E-state index in [0.29, 0.717) is 11.5 Å². The number of hydrogen-bond donors (Lipinski definition) is 0. The fourth-order valence-electron chi connectivity index (χ4n) is 2.57. The minimum absolute atomic E-state index is 0.0970. The van der Waals surface area contributed by atoms with Crippen LogP contribution < -0.4 is 0 Å². The number of carbonyl (C=O) groups is 1. The minimum Gasteiger partial charge on any atom is -0.457 e. The molecule has 1 aliphatic carbocycles. The number of halogens is 4. The Kier molecular flexibility index (Phi) is 5.05. The Morgan fingerprint density at radius 1 is 1.46 bits per heavy atom. The van der Waals surface area contributed by atoms with Gasteiger partial charge in [-0.25, -0.2) is 0 Å². The molecule has 0 aliphatic heterocycles. The van der Waals surface area contributed by atoms with Gasteiger partial charge in [0.25, 0.3) is 0 Å². The average molecular weight is 361 g/mol. The number of rotatable bonds is 4. The molecule has 2 rings (SSSR count). The standard InChI is InChI=1S/C17H16ClF3O3/c1-4-5-10-6-7-11(24-10)9-23-15(22)14-12(16(14,2)3)8-13(18)17(19,20)21/h6-8,12,14H,9H2,1-3H3/b13-8-/t12-,14-/m0/s1. The number of ether oxygens (including phenoxy) is 1. The van der Waals surface area contributed by atoms with Gasteiger partial charge in [-0.05, 0) is 36.3 Å². The van der Waals surface area contributed by atoms with Crippen LogP contribution in [0.25, 0.3) is 0 Å². The summed E-state index contributed by atoms with van der Waals surface area (Å²) >= 11 is 5.25. The molecule has 0 bridgehead atoms. The predicted molar refractivity (Wildman–Crippen MR) is 81.8 cm³/mol. The monoisotopic (exact) mass is 360 g/mol. The van der Waals surface area contributed by atoms with Crippen LogP contribution in [0.5, 0.6) is 0 Å². The number of alkyl halides is 3. The number of esters is 1. The Balaban J connectivity index is 1.98. The first kappa shape index (κ1) is 18.5. The molecule has 0 spiro atoms. The summed E-state index contributed by atoms with van der Waals surface area (Å²) in [5.74, 6) is 4.41. The van der Waals surface area contributed by atoms with Gasteiger partial charge in [-0.15, -0.1) is 0 Å². The second-order valence-corrected chi connectivity index (χ2v) is 6.49. The van der Waals surface area contributed by atoms with Gasteiger partial charge in [-0.2, -0.15) is 13.2 Å². The summed E-state index contributed by atoms with van der Waals surface area (Å²) in [5.41, 5.74) is -0.634. The lowest BCUT2D eigenvalue weighted by Crippen LogP contribution is -2.10. The van der Waals surface area contributed by atoms with Crippen molar-refractivity contribution in [3.05, 3.63) is 34.8 Å². The van der Waals surface area contributed by atoms with Crippen LogP contribution in [0.3, 0.4) is 0 Å². The van der Waals surface area contributed by atoms with Gasteiger partial charge in [0.2, 0.25) is 0 Å². The molecular weight excluding hydrogens is 345 g/mol. The molecule has 1 saturated carbocycles. The Bertz CT molecular complexity index is 719. The SMILES string of the molecule is CC#Cc1ccc(COC(=O)[C@@H]2[C@H](/C=C(\Cl)C(F)(F)F)C2(C)C)o1. The van der Waals surface area contributed by atoms with Gasteiger partial charge in [0, 0.05) is 0 Å². The molecular formula is C17H16ClF3O3. The normalized spacial score (nSPS) is 22.5. The lowest BCUT2D eigenvalue weighted by Gasteiger charge is -2.04. The van der Waals surface area contributed by atoms with E-state index in [1.807, 2.05) is 0 Å². The Hall–Kier alpha value is -1.87. The quantitative estimate of drug-likeness (QED) is 0.579. The van der Waals surface area contributed by atoms with E-state index in [2.05, 4.69) is 11.8 Å². The summed E-state index contributed by atoms with van der Waals surface area (Å²) in [7, 11) is 0. The molecule has 0 radical (unpaired) electrons. The summed E-state index contributed by atoms with van der Waals surface area (Å²) in [6.07, 6.45) is -3.73. The molecule has 0 amide bonds. The third kappa shape index (κ3) is 3.96. The topological polar surface area (TPSA) is 39.4 Å². The maximum atomic E-state index is 12.5. The van der Waals surface area contributed by atoms with Gasteiger partial charge in [-0.3, -0.25) is 4.79 Å². The second-order valence-electron chi connectivity index (χ2n) is 6.09. The number of carbonyl (C=O) groups excluding carboxylic acids is 1. The number of furan rings is 1. The first-order valence-corrected chi connectivity index (χ1v) is 7.57. The lowest BCUT2D eigenvalue weighted by molar-refractivity contribution is -0.148. The van der Waals surface area contributed by atoms with Crippen molar-refractivity contribution in [1.29, 1.82) is 0 Å². The van der Waals surface area contributed by atoms with Crippen LogP contribution in [-0.2, 0) is 16.1 Å². The molecule has 2 atom stereocenters. The molecule has 7 heteroatoms. The molecule has 1 aliphatic rings. The van der Waals surface area contributed by atoms with Crippen LogP contribution in [0.4, 0.5) is 13.2 Å². The van der Waals surface area contributed by atoms with E-state index in [1.165, 1.54) is 0 Å². The van der Waals surface area contributed by atoms with Crippen molar-refractivity contribution in [1.82, 2.24) is 0 Å². The smallest absolute Gasteiger partial charge is 0.426 e. The van der Waals surface area contributed by atoms with Gasteiger partial charge in [0.1, 0.15) is 17.4 Å². The van der Waals surface area contributed by atoms with Crippen LogP contribution >= 0.6 is 11.6 Å². The molecule has 0 N–H and O–H groups in total. The van der Waals surface area contributed by atoms with E-state index >= 15 is 0 Å². The molecule has 0 saturated heterocycles. The van der Waals surface area contributed by atoms with Crippen molar-refractivity contribution in [2.45, 2.75) is 33.6 Å². The van der Waals surface area contributed by atoms with Gasteiger partial charge in [-0.1, -0.05) is 37.4 Å². The fourth-order valence-corrected chi connectivity index (χ4v) is 2.70. The average Bonchev–Trinajstić information content (AvgIpc) is 2.82. The van der Waals surface area contributed by atoms with E-state index in [1.54, 1.807) is 32.9 Å². The fraction of sp³-hybridized carbons (Fsp3) is 0.471. The summed E-state index contributed by atoms with van der Waals surface area (Å²) < 4.78 is 48.0. The molecule has 1 aromatic rings. The van der Waals surface area contributed by atoms with Crippen molar-refractivity contribution >= 4 is 17.6 Å². The molecule has 1 fully saturated rings. The maximum absolute atomic E-state index is 12.5. The van der Waals surface area contributed by atoms with E-state index in [9.17, 15) is 18.0 Å². The molecule has 0 aromatic carbocycles. The molecule has 1 aromatic heterocycles. The molecule has 0 unspecified atom stereocenters. The largest absolute Gasteiger partial charge is 0.457 e. The zero-order valence-corrected chi connectivity index (χ0v) is 14.1. The Morgan fingerprint density at radius 2 is 2.12 bits per heavy atom. The van der Waals surface area contributed by atoms with Crippen molar-refractivity contribution < 1.29 is 27.1 Å². The van der Waals surface area contributed by atoms with Crippen molar-refractivity contribution in [3.8, 4) is 11.8 Å². The van der Waals surface area contributed by atoms with E-state index in [0.717, 1.165) is 6.08 Å². The summed E-state index contributed by atoms with van der Waals surface area (Å²) in [5, 5.41) is -1.22. The second kappa shape index (κ2) is 6.56. The summed E-state index contributed by atoms with van der Waals surface area (Å²) in [4.78, 5) is 12.1. The van der Waals surface area contributed by atoms with E-state index in [-0.39, 0.29) is 6.61 Å². The van der Waals surface area contributed by atoms with Crippen LogP contribution in [0.2, 0.25) is 0 Å². The maximum Gasteiger partial charge on any atom is 0.426 e. The van der Waals surface area contributed by atoms with Gasteiger partial charge < -0.3 is 9.15 Å². The van der Waals surface area contributed by atoms with E-state index < -0.39 is 34.4 Å². The molecule has 1 heterocycles. The number of allylic oxidation sites excluding steroid dienone is 2. The highest BCUT2D eigenvalue weighted by atomic mass is 35.5. The van der Waals surface area contributed by atoms with Crippen molar-refractivity contribution in [3.63, 3.8) is 0 Å². The first-order valence-electron chi connectivity index (χ1n) is 7.20. The van der Waals surface area contributed by atoms with Crippen LogP contribution in [0.1, 0.15) is 32.3 Å². The zero-order valence-electron chi connectivity index (χ0n) is 13.3. The number of hydrogen-bond acceptors (Lipinski definition) is 3. The highest BCUT2D eigenvalue weighted by Crippen LogP contribution is 2.60. The van der Waals surface area contributed by atoms with Crippen LogP contribution in [0, 0.1) is 29.1 Å². The highest BCUT2D eigenvalue weighted by Gasteiger charge is 2.62. The summed E-state index contributed by atoms with van der Waals surface area (Å²) in [6, 6.07) is 3.28. The third-order valence-corrected chi connectivity index (χ3v) is 4.37. The Labute approximate surface area is 142 Å². The zero-order chi connectivity index (χ0) is 18.1.